The number of rotatable bonds is 3. The number of hydrogen-bond acceptors (Lipinski definition) is 4. The summed E-state index contributed by atoms with van der Waals surface area (Å²) in [6, 6.07) is 5.36. The SMILES string of the molecule is CC[C@H](C)N1C(=O)[C@@H]2[C@@H](C(C)C)N[C@@]3(C(=O)Nc4c(C)cccc43)[C@@H]2C1=O. The molecule has 0 saturated carbocycles. The topological polar surface area (TPSA) is 78.5 Å². The molecule has 144 valence electrons. The summed E-state index contributed by atoms with van der Waals surface area (Å²) < 4.78 is 0. The average molecular weight is 369 g/mol. The quantitative estimate of drug-likeness (QED) is 0.801. The van der Waals surface area contributed by atoms with Gasteiger partial charge in [0.1, 0.15) is 5.54 Å². The summed E-state index contributed by atoms with van der Waals surface area (Å²) >= 11 is 0. The fourth-order valence-corrected chi connectivity index (χ4v) is 5.12. The summed E-state index contributed by atoms with van der Waals surface area (Å²) in [6.45, 7) is 9.86. The number of para-hydroxylation sites is 1. The fourth-order valence-electron chi connectivity index (χ4n) is 5.12. The zero-order valence-corrected chi connectivity index (χ0v) is 16.5. The molecule has 2 N–H and O–H groups in total. The minimum atomic E-state index is -1.17. The Morgan fingerprint density at radius 3 is 2.48 bits per heavy atom. The normalized spacial score (nSPS) is 33.0. The molecule has 3 amide bonds. The van der Waals surface area contributed by atoms with Crippen LogP contribution in [0.3, 0.4) is 0 Å². The third-order valence-corrected chi connectivity index (χ3v) is 6.68. The fraction of sp³-hybridized carbons (Fsp3) is 0.571. The van der Waals surface area contributed by atoms with Crippen LogP contribution in [0.5, 0.6) is 0 Å². The highest BCUT2D eigenvalue weighted by molar-refractivity contribution is 6.15. The number of likely N-dealkylation sites (tertiary alicyclic amines) is 1. The van der Waals surface area contributed by atoms with Crippen molar-refractivity contribution < 1.29 is 14.4 Å². The van der Waals surface area contributed by atoms with Gasteiger partial charge in [0.2, 0.25) is 17.7 Å². The van der Waals surface area contributed by atoms with Gasteiger partial charge in [0.05, 0.1) is 11.8 Å². The van der Waals surface area contributed by atoms with Crippen molar-refractivity contribution in [2.45, 2.75) is 58.7 Å². The Morgan fingerprint density at radius 2 is 1.85 bits per heavy atom. The predicted octanol–water partition coefficient (Wildman–Crippen LogP) is 2.17. The molecule has 0 radical (unpaired) electrons. The van der Waals surface area contributed by atoms with E-state index in [0.29, 0.717) is 6.42 Å². The van der Waals surface area contributed by atoms with Crippen molar-refractivity contribution in [3.05, 3.63) is 29.3 Å². The maximum absolute atomic E-state index is 13.5. The van der Waals surface area contributed by atoms with Crippen LogP contribution in [0.4, 0.5) is 5.69 Å². The second kappa shape index (κ2) is 5.89. The molecule has 1 aromatic carbocycles. The smallest absolute Gasteiger partial charge is 0.250 e. The summed E-state index contributed by atoms with van der Waals surface area (Å²) in [4.78, 5) is 41.4. The van der Waals surface area contributed by atoms with Crippen LogP contribution >= 0.6 is 0 Å². The maximum Gasteiger partial charge on any atom is 0.250 e. The second-order valence-electron chi connectivity index (χ2n) is 8.48. The van der Waals surface area contributed by atoms with Crippen molar-refractivity contribution >= 4 is 23.4 Å². The van der Waals surface area contributed by atoms with Crippen molar-refractivity contribution in [2.75, 3.05) is 5.32 Å². The van der Waals surface area contributed by atoms with E-state index in [0.717, 1.165) is 16.8 Å². The number of amides is 3. The van der Waals surface area contributed by atoms with Gasteiger partial charge in [-0.3, -0.25) is 24.6 Å². The first-order chi connectivity index (χ1) is 12.8. The molecule has 6 heteroatoms. The molecule has 0 bridgehead atoms. The molecule has 2 saturated heterocycles. The molecule has 1 spiro atoms. The standard InChI is InChI=1S/C21H27N3O3/c1-6-12(5)24-18(25)14-15(19(24)26)21(23-16(14)10(2)3)13-9-7-8-11(4)17(13)22-20(21)27/h7-10,12,14-16,23H,6H2,1-5H3,(H,22,27)/t12-,14-,15-,16+,21+/m0/s1. The molecule has 3 heterocycles. The number of carbonyl (C=O) groups excluding carboxylic acids is 3. The molecule has 0 unspecified atom stereocenters. The summed E-state index contributed by atoms with van der Waals surface area (Å²) in [7, 11) is 0. The Kier molecular flexibility index (Phi) is 3.97. The van der Waals surface area contributed by atoms with Crippen molar-refractivity contribution in [3.63, 3.8) is 0 Å². The van der Waals surface area contributed by atoms with Gasteiger partial charge < -0.3 is 5.32 Å². The van der Waals surface area contributed by atoms with Crippen molar-refractivity contribution in [1.82, 2.24) is 10.2 Å². The highest BCUT2D eigenvalue weighted by atomic mass is 16.2. The minimum Gasteiger partial charge on any atom is -0.324 e. The molecule has 1 aromatic rings. The van der Waals surface area contributed by atoms with Crippen LogP contribution in [0.1, 0.15) is 45.2 Å². The number of hydrogen-bond donors (Lipinski definition) is 2. The van der Waals surface area contributed by atoms with Crippen LogP contribution in [0, 0.1) is 24.7 Å². The molecule has 5 atom stereocenters. The molecule has 3 aliphatic heterocycles. The highest BCUT2D eigenvalue weighted by Crippen LogP contribution is 2.54. The minimum absolute atomic E-state index is 0.118. The van der Waals surface area contributed by atoms with E-state index in [4.69, 9.17) is 0 Å². The lowest BCUT2D eigenvalue weighted by Gasteiger charge is -2.31. The molecule has 2 fully saturated rings. The van der Waals surface area contributed by atoms with Gasteiger partial charge in [0, 0.05) is 23.3 Å². The summed E-state index contributed by atoms with van der Waals surface area (Å²) in [5.74, 6) is -1.68. The number of aryl methyl sites for hydroxylation is 1. The molecular weight excluding hydrogens is 342 g/mol. The van der Waals surface area contributed by atoms with Crippen molar-refractivity contribution in [3.8, 4) is 0 Å². The van der Waals surface area contributed by atoms with E-state index in [9.17, 15) is 14.4 Å². The van der Waals surface area contributed by atoms with Crippen LogP contribution in [0.15, 0.2) is 18.2 Å². The zero-order chi connectivity index (χ0) is 19.7. The number of imide groups is 1. The molecule has 0 aromatic heterocycles. The van der Waals surface area contributed by atoms with Crippen molar-refractivity contribution in [2.24, 2.45) is 17.8 Å². The van der Waals surface area contributed by atoms with E-state index in [-0.39, 0.29) is 35.7 Å². The van der Waals surface area contributed by atoms with E-state index in [2.05, 4.69) is 10.6 Å². The lowest BCUT2D eigenvalue weighted by Crippen LogP contribution is -2.54. The number of benzene rings is 1. The van der Waals surface area contributed by atoms with E-state index >= 15 is 0 Å². The summed E-state index contributed by atoms with van der Waals surface area (Å²) in [5, 5.41) is 6.44. The number of nitrogens with zero attached hydrogens (tertiary/aromatic N) is 1. The van der Waals surface area contributed by atoms with Gasteiger partial charge in [-0.05, 0) is 31.7 Å². The average Bonchev–Trinajstić information content (AvgIpc) is 3.21. The molecule has 0 aliphatic carbocycles. The Hall–Kier alpha value is -2.21. The Labute approximate surface area is 159 Å². The van der Waals surface area contributed by atoms with E-state index in [1.165, 1.54) is 4.90 Å². The van der Waals surface area contributed by atoms with Gasteiger partial charge >= 0.3 is 0 Å². The molecule has 3 aliphatic rings. The number of carbonyl (C=O) groups is 3. The highest BCUT2D eigenvalue weighted by Gasteiger charge is 2.71. The largest absolute Gasteiger partial charge is 0.324 e. The third-order valence-electron chi connectivity index (χ3n) is 6.68. The van der Waals surface area contributed by atoms with Crippen LogP contribution in [0.2, 0.25) is 0 Å². The lowest BCUT2D eigenvalue weighted by atomic mass is 9.75. The van der Waals surface area contributed by atoms with Gasteiger partial charge in [-0.1, -0.05) is 39.0 Å². The van der Waals surface area contributed by atoms with Crippen LogP contribution < -0.4 is 10.6 Å². The van der Waals surface area contributed by atoms with Crippen LogP contribution in [0.25, 0.3) is 0 Å². The van der Waals surface area contributed by atoms with Gasteiger partial charge in [0.25, 0.3) is 0 Å². The first-order valence-electron chi connectivity index (χ1n) is 9.81. The Balaban J connectivity index is 1.92. The number of fused-ring (bicyclic) bond motifs is 4. The number of anilines is 1. The zero-order valence-electron chi connectivity index (χ0n) is 16.5. The molecular formula is C21H27N3O3. The summed E-state index contributed by atoms with van der Waals surface area (Å²) in [5.41, 5.74) is 1.34. The predicted molar refractivity (Wildman–Crippen MR) is 102 cm³/mol. The number of nitrogens with one attached hydrogen (secondary N) is 2. The van der Waals surface area contributed by atoms with Gasteiger partial charge in [-0.15, -0.1) is 0 Å². The van der Waals surface area contributed by atoms with E-state index in [1.54, 1.807) is 0 Å². The van der Waals surface area contributed by atoms with E-state index < -0.39 is 17.4 Å². The summed E-state index contributed by atoms with van der Waals surface area (Å²) in [6.07, 6.45) is 0.700. The molecule has 6 nitrogen and oxygen atoms in total. The van der Waals surface area contributed by atoms with Gasteiger partial charge in [-0.25, -0.2) is 0 Å². The molecule has 4 rings (SSSR count). The first-order valence-corrected chi connectivity index (χ1v) is 9.81. The lowest BCUT2D eigenvalue weighted by molar-refractivity contribution is -0.145. The Bertz CT molecular complexity index is 849. The van der Waals surface area contributed by atoms with Gasteiger partial charge in [0.15, 0.2) is 0 Å². The maximum atomic E-state index is 13.5. The Morgan fingerprint density at radius 1 is 1.15 bits per heavy atom. The van der Waals surface area contributed by atoms with Crippen molar-refractivity contribution in [1.29, 1.82) is 0 Å². The first kappa shape index (κ1) is 18.2. The third kappa shape index (κ3) is 2.13. The van der Waals surface area contributed by atoms with E-state index in [1.807, 2.05) is 52.8 Å². The van der Waals surface area contributed by atoms with Crippen LogP contribution in [-0.2, 0) is 19.9 Å². The van der Waals surface area contributed by atoms with Gasteiger partial charge in [-0.2, -0.15) is 0 Å². The second-order valence-corrected chi connectivity index (χ2v) is 8.48. The monoisotopic (exact) mass is 369 g/mol. The molecule has 27 heavy (non-hydrogen) atoms. The van der Waals surface area contributed by atoms with Crippen LogP contribution in [-0.4, -0.2) is 34.7 Å².